The average Bonchev–Trinajstić information content (AvgIpc) is 3.45. The third kappa shape index (κ3) is 6.92. The van der Waals surface area contributed by atoms with E-state index in [1.54, 1.807) is 12.1 Å². The number of rotatable bonds is 9. The van der Waals surface area contributed by atoms with Gasteiger partial charge >= 0.3 is 6.03 Å². The van der Waals surface area contributed by atoms with Crippen LogP contribution in [0.25, 0.3) is 11.4 Å². The van der Waals surface area contributed by atoms with Crippen molar-refractivity contribution in [3.8, 4) is 11.4 Å². The number of amides is 2. The summed E-state index contributed by atoms with van der Waals surface area (Å²) in [6.07, 6.45) is 2.30. The molecular weight excluding hydrogens is 546 g/mol. The van der Waals surface area contributed by atoms with Gasteiger partial charge in [0, 0.05) is 48.8 Å². The Morgan fingerprint density at radius 2 is 1.57 bits per heavy atom. The van der Waals surface area contributed by atoms with Crippen molar-refractivity contribution in [1.29, 1.82) is 0 Å². The molecule has 1 aromatic heterocycles. The van der Waals surface area contributed by atoms with E-state index in [0.29, 0.717) is 36.3 Å². The molecule has 3 aromatic carbocycles. The van der Waals surface area contributed by atoms with Gasteiger partial charge in [-0.25, -0.2) is 18.4 Å². The Balaban J connectivity index is 1.33. The summed E-state index contributed by atoms with van der Waals surface area (Å²) in [6, 6.07) is 26.6. The highest BCUT2D eigenvalue weighted by molar-refractivity contribution is 7.89. The van der Waals surface area contributed by atoms with Crippen molar-refractivity contribution in [1.82, 2.24) is 14.3 Å². The van der Waals surface area contributed by atoms with Crippen molar-refractivity contribution < 1.29 is 17.9 Å². The highest BCUT2D eigenvalue weighted by Crippen LogP contribution is 2.30. The fraction of sp³-hybridized carbons (Fsp3) is 0.276. The summed E-state index contributed by atoms with van der Waals surface area (Å²) >= 11 is 1.08. The lowest BCUT2D eigenvalue weighted by molar-refractivity contribution is 0.0475. The van der Waals surface area contributed by atoms with Crippen LogP contribution >= 0.6 is 11.5 Å². The van der Waals surface area contributed by atoms with Gasteiger partial charge in [-0.3, -0.25) is 5.32 Å². The minimum Gasteiger partial charge on any atom is -0.381 e. The topological polar surface area (TPSA) is 128 Å². The first-order valence-corrected chi connectivity index (χ1v) is 15.4. The summed E-state index contributed by atoms with van der Waals surface area (Å²) < 4.78 is 33.0. The molecule has 0 bridgehead atoms. The first-order valence-electron chi connectivity index (χ1n) is 13.1. The highest BCUT2D eigenvalue weighted by atomic mass is 32.2. The fourth-order valence-corrected chi connectivity index (χ4v) is 6.05. The molecule has 0 radical (unpaired) electrons. The molecule has 9 nitrogen and oxygen atoms in total. The van der Waals surface area contributed by atoms with Gasteiger partial charge in [-0.1, -0.05) is 60.7 Å². The van der Waals surface area contributed by atoms with Crippen molar-refractivity contribution >= 4 is 32.7 Å². The van der Waals surface area contributed by atoms with Crippen molar-refractivity contribution in [2.45, 2.75) is 36.1 Å². The van der Waals surface area contributed by atoms with E-state index in [9.17, 15) is 13.2 Å². The van der Waals surface area contributed by atoms with Crippen LogP contribution in [0.2, 0.25) is 0 Å². The van der Waals surface area contributed by atoms with Crippen LogP contribution in [0, 0.1) is 0 Å². The monoisotopic (exact) mass is 577 g/mol. The lowest BCUT2D eigenvalue weighted by Crippen LogP contribution is -2.46. The maximum Gasteiger partial charge on any atom is 0.323 e. The summed E-state index contributed by atoms with van der Waals surface area (Å²) in [6.45, 7) is 1.80. The zero-order chi connectivity index (χ0) is 28.0. The molecule has 3 N–H and O–H groups in total. The first kappa shape index (κ1) is 27.9. The Morgan fingerprint density at radius 3 is 2.15 bits per heavy atom. The molecular formula is C29H31N5O4S2. The van der Waals surface area contributed by atoms with E-state index in [1.165, 1.54) is 23.3 Å². The number of anilines is 1. The summed E-state index contributed by atoms with van der Waals surface area (Å²) in [5.41, 5.74) is 3.05. The number of hydrogen-bond donors (Lipinski definition) is 2. The summed E-state index contributed by atoms with van der Waals surface area (Å²) in [5.74, 6) is 0.540. The van der Waals surface area contributed by atoms with E-state index < -0.39 is 10.0 Å². The largest absolute Gasteiger partial charge is 0.381 e. The molecule has 1 fully saturated rings. The lowest BCUT2D eigenvalue weighted by atomic mass is 9.88. The van der Waals surface area contributed by atoms with E-state index in [-0.39, 0.29) is 22.9 Å². The minimum absolute atomic E-state index is 0.0106. The Kier molecular flexibility index (Phi) is 8.85. The van der Waals surface area contributed by atoms with E-state index in [1.807, 2.05) is 41.3 Å². The number of aromatic nitrogens is 2. The molecule has 4 aromatic rings. The number of nitrogens with one attached hydrogen (secondary N) is 1. The van der Waals surface area contributed by atoms with E-state index in [4.69, 9.17) is 9.88 Å². The average molecular weight is 578 g/mol. The molecule has 0 saturated carbocycles. The van der Waals surface area contributed by atoms with Gasteiger partial charge in [0.25, 0.3) is 0 Å². The maximum absolute atomic E-state index is 13.6. The molecule has 0 spiro atoms. The van der Waals surface area contributed by atoms with E-state index in [2.05, 4.69) is 38.9 Å². The van der Waals surface area contributed by atoms with Crippen molar-refractivity contribution in [2.75, 3.05) is 25.1 Å². The van der Waals surface area contributed by atoms with Crippen LogP contribution in [0.3, 0.4) is 0 Å². The normalized spacial score (nSPS) is 14.2. The van der Waals surface area contributed by atoms with Crippen LogP contribution in [0.15, 0.2) is 89.8 Å². The Hall–Kier alpha value is -3.64. The van der Waals surface area contributed by atoms with Crippen LogP contribution in [0.4, 0.5) is 9.93 Å². The van der Waals surface area contributed by atoms with Crippen molar-refractivity contribution in [3.05, 3.63) is 96.1 Å². The number of carbonyl (C=O) groups excluding carboxylic acids is 1. The fourth-order valence-electron chi connectivity index (χ4n) is 4.96. The first-order chi connectivity index (χ1) is 19.4. The van der Waals surface area contributed by atoms with Crippen LogP contribution in [-0.2, 0) is 14.8 Å². The van der Waals surface area contributed by atoms with Crippen LogP contribution in [0.1, 0.15) is 36.3 Å². The number of benzene rings is 3. The number of hydrogen-bond acceptors (Lipinski definition) is 7. The second-order valence-electron chi connectivity index (χ2n) is 9.62. The number of nitrogens with zero attached hydrogens (tertiary/aromatic N) is 3. The van der Waals surface area contributed by atoms with Gasteiger partial charge in [0.05, 0.1) is 4.90 Å². The molecule has 5 rings (SSSR count). The smallest absolute Gasteiger partial charge is 0.323 e. The maximum atomic E-state index is 13.6. The number of sulfonamides is 1. The summed E-state index contributed by atoms with van der Waals surface area (Å²) in [7, 11) is -3.79. The molecule has 2 heterocycles. The third-order valence-corrected chi connectivity index (χ3v) is 8.60. The number of carbonyl (C=O) groups is 1. The molecule has 2 amide bonds. The van der Waals surface area contributed by atoms with Gasteiger partial charge in [-0.15, -0.1) is 0 Å². The predicted molar refractivity (Wildman–Crippen MR) is 156 cm³/mol. The number of urea groups is 1. The zero-order valence-corrected chi connectivity index (χ0v) is 23.5. The van der Waals surface area contributed by atoms with Gasteiger partial charge in [-0.2, -0.15) is 9.36 Å². The highest BCUT2D eigenvalue weighted by Gasteiger charge is 2.28. The van der Waals surface area contributed by atoms with Crippen LogP contribution in [0.5, 0.6) is 0 Å². The quantitative estimate of drug-likeness (QED) is 0.285. The summed E-state index contributed by atoms with van der Waals surface area (Å²) in [4.78, 5) is 20.0. The Morgan fingerprint density at radius 1 is 0.975 bits per heavy atom. The molecule has 0 aliphatic carbocycles. The van der Waals surface area contributed by atoms with Crippen molar-refractivity contribution in [2.24, 2.45) is 5.14 Å². The number of primary sulfonamides is 1. The second-order valence-corrected chi connectivity index (χ2v) is 11.9. The molecule has 11 heteroatoms. The SMILES string of the molecule is NS(=O)(=O)c1ccc(-c2nsc(NC(=O)N(CCC(c3ccccc3)c3ccccc3)C3CCOCC3)n2)cc1. The standard InChI is InChI=1S/C29H31N5O4S2/c30-40(36,37)25-13-11-23(12-14-25)27-31-28(39-33-27)32-29(35)34(24-16-19-38-20-17-24)18-15-26(21-7-3-1-4-8-21)22-9-5-2-6-10-22/h1-14,24,26H,15-20H2,(H2,30,36,37)(H,31,32,33,35). The molecule has 208 valence electrons. The number of ether oxygens (including phenoxy) is 1. The van der Waals surface area contributed by atoms with Crippen molar-refractivity contribution in [3.63, 3.8) is 0 Å². The van der Waals surface area contributed by atoms with E-state index in [0.717, 1.165) is 30.8 Å². The van der Waals surface area contributed by atoms with Gasteiger partial charge in [0.15, 0.2) is 5.82 Å². The Bertz CT molecular complexity index is 1470. The number of nitrogens with two attached hydrogens (primary N) is 1. The van der Waals surface area contributed by atoms with E-state index >= 15 is 0 Å². The third-order valence-electron chi connectivity index (χ3n) is 7.04. The predicted octanol–water partition coefficient (Wildman–Crippen LogP) is 5.09. The Labute approximate surface area is 238 Å². The molecule has 0 atom stereocenters. The summed E-state index contributed by atoms with van der Waals surface area (Å²) in [5, 5.41) is 8.50. The van der Waals surface area contributed by atoms with Gasteiger partial charge < -0.3 is 9.64 Å². The zero-order valence-electron chi connectivity index (χ0n) is 21.8. The molecule has 1 saturated heterocycles. The lowest BCUT2D eigenvalue weighted by Gasteiger charge is -2.35. The molecule has 0 unspecified atom stereocenters. The van der Waals surface area contributed by atoms with Gasteiger partial charge in [0.1, 0.15) is 0 Å². The molecule has 1 aliphatic rings. The van der Waals surface area contributed by atoms with Gasteiger partial charge in [-0.05, 0) is 54.7 Å². The van der Waals surface area contributed by atoms with Crippen LogP contribution < -0.4 is 10.5 Å². The van der Waals surface area contributed by atoms with Gasteiger partial charge in [0.2, 0.25) is 15.2 Å². The minimum atomic E-state index is -3.79. The molecule has 1 aliphatic heterocycles. The molecule has 40 heavy (non-hydrogen) atoms. The van der Waals surface area contributed by atoms with Crippen LogP contribution in [-0.4, -0.2) is 54.5 Å². The second kappa shape index (κ2) is 12.7.